The maximum atomic E-state index is 13.4. The van der Waals surface area contributed by atoms with E-state index in [0.29, 0.717) is 24.1 Å². The highest BCUT2D eigenvalue weighted by Gasteiger charge is 2.37. The number of hydrogen-bond donors (Lipinski definition) is 1. The molecule has 0 fully saturated rings. The number of amides is 1. The zero-order valence-corrected chi connectivity index (χ0v) is 18.4. The Kier molecular flexibility index (Phi) is 8.31. The number of nitrogens with zero attached hydrogens (tertiary/aromatic N) is 2. The minimum absolute atomic E-state index is 0.0211. The van der Waals surface area contributed by atoms with Gasteiger partial charge in [0.15, 0.2) is 0 Å². The van der Waals surface area contributed by atoms with Crippen LogP contribution in [-0.2, 0) is 17.1 Å². The van der Waals surface area contributed by atoms with Crippen LogP contribution < -0.4 is 5.73 Å². The molecule has 2 aromatic carbocycles. The van der Waals surface area contributed by atoms with E-state index in [9.17, 15) is 31.1 Å². The molecule has 1 amide bonds. The van der Waals surface area contributed by atoms with Crippen LogP contribution in [0.2, 0.25) is 0 Å². The lowest BCUT2D eigenvalue weighted by Gasteiger charge is -2.20. The standard InChI is InChI=1S/C24H23F6N3O/c1-4-15(3)21(17-11-18(23(25,26)27)13-19(12-17)24(28,29)30)32-33(5-2)14-20(22(31)34)16-9-7-6-8-10-16/h5-15H,2,4H2,1,3H3,(H2,31,34). The predicted molar refractivity (Wildman–Crippen MR) is 118 cm³/mol. The maximum Gasteiger partial charge on any atom is 0.416 e. The largest absolute Gasteiger partial charge is 0.416 e. The molecule has 0 bridgehead atoms. The van der Waals surface area contributed by atoms with Gasteiger partial charge in [-0.15, -0.1) is 0 Å². The van der Waals surface area contributed by atoms with Gasteiger partial charge in [-0.05, 0) is 35.7 Å². The van der Waals surface area contributed by atoms with Gasteiger partial charge in [0.05, 0.1) is 22.4 Å². The van der Waals surface area contributed by atoms with Crippen LogP contribution in [0.25, 0.3) is 5.57 Å². The Labute approximate surface area is 193 Å². The number of hydrazone groups is 1. The fraction of sp³-hybridized carbons (Fsp3) is 0.250. The van der Waals surface area contributed by atoms with Crippen molar-refractivity contribution in [2.45, 2.75) is 32.6 Å². The maximum absolute atomic E-state index is 13.4. The average Bonchev–Trinajstić information content (AvgIpc) is 2.77. The van der Waals surface area contributed by atoms with Crippen LogP contribution >= 0.6 is 0 Å². The van der Waals surface area contributed by atoms with Crippen molar-refractivity contribution in [3.05, 3.63) is 89.8 Å². The summed E-state index contributed by atoms with van der Waals surface area (Å²) < 4.78 is 80.2. The Morgan fingerprint density at radius 2 is 1.56 bits per heavy atom. The van der Waals surface area contributed by atoms with Crippen molar-refractivity contribution in [1.29, 1.82) is 0 Å². The molecule has 0 spiro atoms. The minimum Gasteiger partial charge on any atom is -0.366 e. The minimum atomic E-state index is -5.00. The number of halogens is 6. The zero-order valence-electron chi connectivity index (χ0n) is 18.4. The van der Waals surface area contributed by atoms with Gasteiger partial charge >= 0.3 is 12.4 Å². The number of hydrogen-bond acceptors (Lipinski definition) is 3. The monoisotopic (exact) mass is 483 g/mol. The number of nitrogens with two attached hydrogens (primary N) is 1. The fourth-order valence-electron chi connectivity index (χ4n) is 3.01. The molecule has 4 nitrogen and oxygen atoms in total. The molecule has 0 aliphatic heterocycles. The molecule has 2 aromatic rings. The van der Waals surface area contributed by atoms with Gasteiger partial charge in [-0.3, -0.25) is 4.79 Å². The van der Waals surface area contributed by atoms with E-state index in [-0.39, 0.29) is 22.9 Å². The lowest BCUT2D eigenvalue weighted by molar-refractivity contribution is -0.143. The van der Waals surface area contributed by atoms with Crippen LogP contribution in [0.15, 0.2) is 72.6 Å². The van der Waals surface area contributed by atoms with E-state index in [1.54, 1.807) is 44.2 Å². The first-order valence-corrected chi connectivity index (χ1v) is 10.1. The summed E-state index contributed by atoms with van der Waals surface area (Å²) in [4.78, 5) is 12.0. The number of carbonyl (C=O) groups excluding carboxylic acids is 1. The van der Waals surface area contributed by atoms with Crippen LogP contribution in [0.1, 0.15) is 42.5 Å². The summed E-state index contributed by atoms with van der Waals surface area (Å²) in [5.41, 5.74) is 2.64. The number of rotatable bonds is 8. The second-order valence-corrected chi connectivity index (χ2v) is 7.42. The van der Waals surface area contributed by atoms with Crippen LogP contribution in [0.3, 0.4) is 0 Å². The highest BCUT2D eigenvalue weighted by Crippen LogP contribution is 2.37. The highest BCUT2D eigenvalue weighted by atomic mass is 19.4. The van der Waals surface area contributed by atoms with Crippen molar-refractivity contribution < 1.29 is 31.1 Å². The lowest BCUT2D eigenvalue weighted by Crippen LogP contribution is -2.20. The number of carbonyl (C=O) groups is 1. The third-order valence-electron chi connectivity index (χ3n) is 4.98. The van der Waals surface area contributed by atoms with Crippen molar-refractivity contribution in [2.75, 3.05) is 0 Å². The molecule has 0 saturated heterocycles. The number of benzene rings is 2. The Bertz CT molecular complexity index is 1060. The van der Waals surface area contributed by atoms with Gasteiger partial charge in [-0.1, -0.05) is 50.8 Å². The molecule has 0 aromatic heterocycles. The van der Waals surface area contributed by atoms with E-state index in [1.807, 2.05) is 0 Å². The van der Waals surface area contributed by atoms with E-state index >= 15 is 0 Å². The van der Waals surface area contributed by atoms with Crippen LogP contribution in [0.5, 0.6) is 0 Å². The first kappa shape index (κ1) is 26.7. The van der Waals surface area contributed by atoms with E-state index < -0.39 is 35.3 Å². The average molecular weight is 483 g/mol. The summed E-state index contributed by atoms with van der Waals surface area (Å²) in [5.74, 6) is -1.34. The first-order valence-electron chi connectivity index (χ1n) is 10.1. The van der Waals surface area contributed by atoms with E-state index in [4.69, 9.17) is 5.73 Å². The Balaban J connectivity index is 2.73. The molecule has 1 unspecified atom stereocenters. The fourth-order valence-corrected chi connectivity index (χ4v) is 3.01. The van der Waals surface area contributed by atoms with Crippen molar-refractivity contribution in [2.24, 2.45) is 16.8 Å². The van der Waals surface area contributed by atoms with Gasteiger partial charge in [0, 0.05) is 18.3 Å². The van der Waals surface area contributed by atoms with Crippen LogP contribution in [0, 0.1) is 5.92 Å². The summed E-state index contributed by atoms with van der Waals surface area (Å²) in [6.45, 7) is 6.90. The first-order chi connectivity index (χ1) is 15.8. The summed E-state index contributed by atoms with van der Waals surface area (Å²) in [5, 5.41) is 5.29. The highest BCUT2D eigenvalue weighted by molar-refractivity contribution is 6.18. The molecule has 1 atom stereocenters. The zero-order chi connectivity index (χ0) is 25.7. The van der Waals surface area contributed by atoms with E-state index in [2.05, 4.69) is 11.7 Å². The Morgan fingerprint density at radius 1 is 1.03 bits per heavy atom. The quantitative estimate of drug-likeness (QED) is 0.203. The molecular formula is C24H23F6N3O. The Hall–Kier alpha value is -3.56. The summed E-state index contributed by atoms with van der Waals surface area (Å²) in [6, 6.07) is 9.58. The smallest absolute Gasteiger partial charge is 0.366 e. The van der Waals surface area contributed by atoms with Gasteiger partial charge in [0.2, 0.25) is 0 Å². The molecule has 0 radical (unpaired) electrons. The molecule has 2 rings (SSSR count). The van der Waals surface area contributed by atoms with E-state index in [1.165, 1.54) is 6.20 Å². The van der Waals surface area contributed by atoms with Crippen molar-refractivity contribution in [3.63, 3.8) is 0 Å². The molecule has 34 heavy (non-hydrogen) atoms. The summed E-state index contributed by atoms with van der Waals surface area (Å²) in [6.07, 6.45) is -7.26. The number of alkyl halides is 6. The van der Waals surface area contributed by atoms with Gasteiger partial charge < -0.3 is 5.73 Å². The molecule has 182 valence electrons. The second-order valence-electron chi connectivity index (χ2n) is 7.42. The molecule has 0 aliphatic rings. The molecule has 0 aliphatic carbocycles. The van der Waals surface area contributed by atoms with Gasteiger partial charge in [0.1, 0.15) is 0 Å². The molecule has 2 N–H and O–H groups in total. The SMILES string of the molecule is C=CN(C=C(C(N)=O)c1ccccc1)N=C(c1cc(C(F)(F)F)cc(C(F)(F)F)c1)C(C)CC. The predicted octanol–water partition coefficient (Wildman–Crippen LogP) is 6.45. The molecule has 0 saturated carbocycles. The number of primary amides is 1. The topological polar surface area (TPSA) is 58.7 Å². The molecule has 10 heteroatoms. The van der Waals surface area contributed by atoms with Crippen LogP contribution in [-0.4, -0.2) is 16.6 Å². The molecular weight excluding hydrogens is 460 g/mol. The van der Waals surface area contributed by atoms with E-state index in [0.717, 1.165) is 11.2 Å². The second kappa shape index (κ2) is 10.6. The summed E-state index contributed by atoms with van der Waals surface area (Å²) in [7, 11) is 0. The third-order valence-corrected chi connectivity index (χ3v) is 4.98. The van der Waals surface area contributed by atoms with Crippen molar-refractivity contribution >= 4 is 17.2 Å². The normalized spacial score (nSPS) is 14.0. The lowest BCUT2D eigenvalue weighted by atomic mass is 9.93. The van der Waals surface area contributed by atoms with Gasteiger partial charge in [-0.25, -0.2) is 5.01 Å². The van der Waals surface area contributed by atoms with Crippen LogP contribution in [0.4, 0.5) is 26.3 Å². The third kappa shape index (κ3) is 6.72. The van der Waals surface area contributed by atoms with Gasteiger partial charge in [0.25, 0.3) is 5.91 Å². The molecule has 0 heterocycles. The summed E-state index contributed by atoms with van der Waals surface area (Å²) >= 11 is 0. The van der Waals surface area contributed by atoms with Crippen molar-refractivity contribution in [3.8, 4) is 0 Å². The van der Waals surface area contributed by atoms with Gasteiger partial charge in [-0.2, -0.15) is 31.4 Å². The van der Waals surface area contributed by atoms with Crippen molar-refractivity contribution in [1.82, 2.24) is 5.01 Å². The Morgan fingerprint density at radius 3 is 1.97 bits per heavy atom.